The SMILES string of the molecule is NC(=O)c1c(SSc2c(C(N)=O)c(C(N)=O)c(C(N)=O)c(C(N)=O)c2C(N)=O)c(C(N)=O)c(C(N)=O)c(C(N)=O)c1C(N)=O.c1ccc(SSc2ccccc2)cc1. The molecule has 0 saturated carbocycles. The van der Waals surface area contributed by atoms with Gasteiger partial charge in [-0.2, -0.15) is 0 Å². The predicted octanol–water partition coefficient (Wildman–Crippen LogP) is -0.0390. The van der Waals surface area contributed by atoms with Gasteiger partial charge in [-0.3, -0.25) is 47.9 Å². The van der Waals surface area contributed by atoms with Gasteiger partial charge in [0.15, 0.2) is 0 Å². The molecular weight excluding hydrogens is 837 g/mol. The molecule has 0 saturated heterocycles. The van der Waals surface area contributed by atoms with Crippen LogP contribution in [0, 0.1) is 0 Å². The first kappa shape index (κ1) is 45.4. The van der Waals surface area contributed by atoms with E-state index in [1.807, 2.05) is 12.1 Å². The Kier molecular flexibility index (Phi) is 15.0. The maximum absolute atomic E-state index is 12.6. The Morgan fingerprint density at radius 3 is 0.603 bits per heavy atom. The van der Waals surface area contributed by atoms with Crippen molar-refractivity contribution in [3.63, 3.8) is 0 Å². The molecule has 24 heteroatoms. The highest BCUT2D eigenvalue weighted by Crippen LogP contribution is 2.48. The van der Waals surface area contributed by atoms with Crippen LogP contribution in [-0.4, -0.2) is 59.1 Å². The monoisotopic (exact) mass is 866 g/mol. The lowest BCUT2D eigenvalue weighted by Crippen LogP contribution is -2.34. The Balaban J connectivity index is 0.000000533. The normalized spacial score (nSPS) is 10.3. The highest BCUT2D eigenvalue weighted by Gasteiger charge is 2.38. The third kappa shape index (κ3) is 9.85. The van der Waals surface area contributed by atoms with E-state index in [1.165, 1.54) is 9.79 Å². The average molecular weight is 867 g/mol. The van der Waals surface area contributed by atoms with Gasteiger partial charge in [0.05, 0.1) is 55.6 Å². The van der Waals surface area contributed by atoms with Crippen molar-refractivity contribution >= 4 is 102 Å². The molecule has 0 spiro atoms. The van der Waals surface area contributed by atoms with Crippen molar-refractivity contribution in [3.05, 3.63) is 116 Å². The molecule has 0 aromatic heterocycles. The average Bonchev–Trinajstić information content (AvgIpc) is 3.14. The van der Waals surface area contributed by atoms with Crippen LogP contribution in [-0.2, 0) is 0 Å². The number of nitrogens with two attached hydrogens (primary N) is 10. The molecule has 0 radical (unpaired) electrons. The highest BCUT2D eigenvalue weighted by atomic mass is 33.1. The van der Waals surface area contributed by atoms with Gasteiger partial charge in [-0.1, -0.05) is 79.6 Å². The van der Waals surface area contributed by atoms with E-state index < -0.39 is 124 Å². The van der Waals surface area contributed by atoms with E-state index in [9.17, 15) is 47.9 Å². The van der Waals surface area contributed by atoms with Crippen LogP contribution >= 0.6 is 43.2 Å². The van der Waals surface area contributed by atoms with Crippen LogP contribution < -0.4 is 57.3 Å². The Morgan fingerprint density at radius 1 is 0.259 bits per heavy atom. The Bertz CT molecular complexity index is 2170. The molecule has 58 heavy (non-hydrogen) atoms. The zero-order valence-corrected chi connectivity index (χ0v) is 32.5. The first-order valence-corrected chi connectivity index (χ1v) is 19.7. The van der Waals surface area contributed by atoms with Crippen LogP contribution in [0.2, 0.25) is 0 Å². The van der Waals surface area contributed by atoms with Crippen molar-refractivity contribution in [2.24, 2.45) is 57.3 Å². The van der Waals surface area contributed by atoms with Gasteiger partial charge in [0.2, 0.25) is 35.4 Å². The van der Waals surface area contributed by atoms with Crippen molar-refractivity contribution in [2.45, 2.75) is 19.6 Å². The molecule has 0 heterocycles. The third-order valence-corrected chi connectivity index (χ3v) is 12.2. The van der Waals surface area contributed by atoms with Gasteiger partial charge < -0.3 is 57.3 Å². The lowest BCUT2D eigenvalue weighted by molar-refractivity contribution is 0.0933. The Labute approximate surface area is 342 Å². The second-order valence-electron chi connectivity index (χ2n) is 11.0. The third-order valence-electron chi connectivity index (χ3n) is 7.30. The number of amides is 10. The number of hydrogen-bond donors (Lipinski definition) is 10. The molecule has 0 fully saturated rings. The lowest BCUT2D eigenvalue weighted by atomic mass is 9.89. The number of benzene rings is 4. The van der Waals surface area contributed by atoms with E-state index >= 15 is 0 Å². The molecule has 20 N–H and O–H groups in total. The molecular formula is C34H30N10O10S4. The van der Waals surface area contributed by atoms with E-state index in [4.69, 9.17) is 57.3 Å². The Morgan fingerprint density at radius 2 is 0.431 bits per heavy atom. The minimum atomic E-state index is -1.58. The Hall–Kier alpha value is -7.02. The molecule has 0 unspecified atom stereocenters. The molecule has 0 aliphatic heterocycles. The molecule has 300 valence electrons. The first-order chi connectivity index (χ1) is 27.1. The molecule has 4 rings (SSSR count). The maximum atomic E-state index is 12.6. The van der Waals surface area contributed by atoms with Gasteiger partial charge in [0.1, 0.15) is 0 Å². The molecule has 20 nitrogen and oxygen atoms in total. The summed E-state index contributed by atoms with van der Waals surface area (Å²) in [5.74, 6) is -15.7. The van der Waals surface area contributed by atoms with Crippen molar-refractivity contribution in [1.29, 1.82) is 0 Å². The van der Waals surface area contributed by atoms with E-state index in [0.29, 0.717) is 0 Å². The smallest absolute Gasteiger partial charge is 0.250 e. The van der Waals surface area contributed by atoms with Crippen molar-refractivity contribution in [2.75, 3.05) is 0 Å². The summed E-state index contributed by atoms with van der Waals surface area (Å²) < 4.78 is 0. The van der Waals surface area contributed by atoms with Crippen LogP contribution in [0.5, 0.6) is 0 Å². The summed E-state index contributed by atoms with van der Waals surface area (Å²) >= 11 is 0. The van der Waals surface area contributed by atoms with Gasteiger partial charge in [0.25, 0.3) is 23.6 Å². The largest absolute Gasteiger partial charge is 0.366 e. The van der Waals surface area contributed by atoms with Gasteiger partial charge in [-0.15, -0.1) is 0 Å². The second-order valence-corrected chi connectivity index (χ2v) is 15.4. The summed E-state index contributed by atoms with van der Waals surface area (Å²) in [4.78, 5) is 126. The number of hydrogen-bond acceptors (Lipinski definition) is 14. The fraction of sp³-hybridized carbons (Fsp3) is 0. The zero-order valence-electron chi connectivity index (χ0n) is 29.3. The number of primary amides is 10. The standard InChI is InChI=1S/C22H20N10O10S2.C12H10S2/c23-13(33)1-3(15(25)35)7(19(29)39)11(8(20(30)40)4(1)16(26)36)43-44-12-9(21(31)41)5(17(27)37)2(14(24)34)6(18(28)38)10(12)22(32)42;1-3-7-11(8-4-1)13-14-12-9-5-2-6-10-12/h(H2,23,33)(H2,24,34)(H2,25,35)(H2,26,36)(H2,27,37)(H2,28,38)(H2,29,39)(H2,30,40)(H2,31,41)(H2,32,42);1-10H. The van der Waals surface area contributed by atoms with Crippen LogP contribution in [0.4, 0.5) is 0 Å². The fourth-order valence-corrected chi connectivity index (χ4v) is 9.95. The summed E-state index contributed by atoms with van der Waals surface area (Å²) in [6.45, 7) is 0. The summed E-state index contributed by atoms with van der Waals surface area (Å²) in [6.07, 6.45) is 0. The lowest BCUT2D eigenvalue weighted by Gasteiger charge is -2.22. The van der Waals surface area contributed by atoms with E-state index in [0.717, 1.165) is 0 Å². The summed E-state index contributed by atoms with van der Waals surface area (Å²) in [5.41, 5.74) is 42.9. The molecule has 4 aromatic rings. The van der Waals surface area contributed by atoms with Crippen molar-refractivity contribution in [3.8, 4) is 0 Å². The minimum Gasteiger partial charge on any atom is -0.366 e. The fourth-order valence-electron chi connectivity index (χ4n) is 5.17. The van der Waals surface area contributed by atoms with Crippen LogP contribution in [0.15, 0.2) is 80.2 Å². The molecule has 0 atom stereocenters. The van der Waals surface area contributed by atoms with Crippen molar-refractivity contribution < 1.29 is 47.9 Å². The van der Waals surface area contributed by atoms with Gasteiger partial charge >= 0.3 is 0 Å². The molecule has 0 bridgehead atoms. The van der Waals surface area contributed by atoms with Crippen molar-refractivity contribution in [1.82, 2.24) is 0 Å². The van der Waals surface area contributed by atoms with Gasteiger partial charge in [-0.05, 0) is 24.3 Å². The summed E-state index contributed by atoms with van der Waals surface area (Å²) in [6, 6.07) is 20.8. The summed E-state index contributed by atoms with van der Waals surface area (Å²) in [7, 11) is 3.77. The minimum absolute atomic E-state index is 0.0966. The van der Waals surface area contributed by atoms with Crippen LogP contribution in [0.1, 0.15) is 104 Å². The topological polar surface area (TPSA) is 431 Å². The maximum Gasteiger partial charge on any atom is 0.250 e. The summed E-state index contributed by atoms with van der Waals surface area (Å²) in [5, 5.41) is 0. The van der Waals surface area contributed by atoms with Crippen LogP contribution in [0.3, 0.4) is 0 Å². The first-order valence-electron chi connectivity index (χ1n) is 15.4. The van der Waals surface area contributed by atoms with Gasteiger partial charge in [-0.25, -0.2) is 0 Å². The predicted molar refractivity (Wildman–Crippen MR) is 214 cm³/mol. The molecule has 0 aliphatic carbocycles. The van der Waals surface area contributed by atoms with Crippen LogP contribution in [0.25, 0.3) is 0 Å². The van der Waals surface area contributed by atoms with E-state index in [1.54, 1.807) is 21.6 Å². The zero-order chi connectivity index (χ0) is 43.8. The number of carbonyl (C=O) groups excluding carboxylic acids is 10. The number of carbonyl (C=O) groups is 10. The second kappa shape index (κ2) is 19.2. The quantitative estimate of drug-likeness (QED) is 0.0661. The molecule has 0 aliphatic rings. The van der Waals surface area contributed by atoms with Gasteiger partial charge in [0, 0.05) is 19.6 Å². The van der Waals surface area contributed by atoms with E-state index in [-0.39, 0.29) is 21.6 Å². The molecule has 4 aromatic carbocycles. The highest BCUT2D eigenvalue weighted by molar-refractivity contribution is 8.77. The van der Waals surface area contributed by atoms with E-state index in [2.05, 4.69) is 48.5 Å². The number of rotatable bonds is 16. The molecule has 10 amide bonds.